The fourth-order valence-corrected chi connectivity index (χ4v) is 9.59. The molecular formula is C29H52O2. The van der Waals surface area contributed by atoms with E-state index in [1.54, 1.807) is 0 Å². The second-order valence-corrected chi connectivity index (χ2v) is 13.5. The van der Waals surface area contributed by atoms with E-state index in [1.807, 2.05) is 0 Å². The molecule has 10 atom stereocenters. The lowest BCUT2D eigenvalue weighted by atomic mass is 9.43. The number of hydrogen-bond donors (Lipinski definition) is 2. The maximum atomic E-state index is 11.0. The monoisotopic (exact) mass is 432 g/mol. The van der Waals surface area contributed by atoms with E-state index in [0.717, 1.165) is 61.2 Å². The molecule has 180 valence electrons. The normalized spacial score (nSPS) is 49.3. The topological polar surface area (TPSA) is 40.5 Å². The van der Waals surface area contributed by atoms with Crippen molar-refractivity contribution in [3.63, 3.8) is 0 Å². The van der Waals surface area contributed by atoms with Crippen LogP contribution in [-0.2, 0) is 0 Å². The second kappa shape index (κ2) is 8.61. The molecule has 1 unspecified atom stereocenters. The molecule has 4 fully saturated rings. The zero-order chi connectivity index (χ0) is 22.6. The Labute approximate surface area is 193 Å². The lowest BCUT2D eigenvalue weighted by Crippen LogP contribution is -2.56. The number of fused-ring (bicyclic) bond motifs is 5. The molecule has 4 saturated carbocycles. The van der Waals surface area contributed by atoms with Crippen LogP contribution in [0.2, 0.25) is 0 Å². The minimum Gasteiger partial charge on any atom is -0.393 e. The minimum atomic E-state index is -0.380. The van der Waals surface area contributed by atoms with Crippen molar-refractivity contribution in [1.29, 1.82) is 0 Å². The van der Waals surface area contributed by atoms with E-state index in [1.165, 1.54) is 51.4 Å². The van der Waals surface area contributed by atoms with Crippen molar-refractivity contribution in [3.05, 3.63) is 0 Å². The van der Waals surface area contributed by atoms with Gasteiger partial charge in [0.1, 0.15) is 0 Å². The highest BCUT2D eigenvalue weighted by molar-refractivity contribution is 5.10. The zero-order valence-electron chi connectivity index (χ0n) is 21.5. The van der Waals surface area contributed by atoms with Crippen LogP contribution in [0.5, 0.6) is 0 Å². The molecule has 0 bridgehead atoms. The van der Waals surface area contributed by atoms with E-state index in [4.69, 9.17) is 0 Å². The Hall–Kier alpha value is -0.0800. The van der Waals surface area contributed by atoms with Crippen molar-refractivity contribution in [2.24, 2.45) is 52.3 Å². The summed E-state index contributed by atoms with van der Waals surface area (Å²) in [5.74, 6) is 5.44. The molecule has 4 rings (SSSR count). The molecule has 2 heteroatoms. The van der Waals surface area contributed by atoms with Gasteiger partial charge in [0.15, 0.2) is 0 Å². The molecular weight excluding hydrogens is 380 g/mol. The molecule has 0 aromatic carbocycles. The van der Waals surface area contributed by atoms with Crippen molar-refractivity contribution in [2.75, 3.05) is 0 Å². The summed E-state index contributed by atoms with van der Waals surface area (Å²) in [5.41, 5.74) is 0.608. The molecule has 2 nitrogen and oxygen atoms in total. The third-order valence-corrected chi connectivity index (χ3v) is 11.9. The summed E-state index contributed by atoms with van der Waals surface area (Å²) in [6, 6.07) is 0. The Morgan fingerprint density at radius 3 is 2.23 bits per heavy atom. The number of aliphatic hydroxyl groups excluding tert-OH is 1. The van der Waals surface area contributed by atoms with Gasteiger partial charge in [0.05, 0.1) is 11.7 Å². The molecule has 0 aromatic heterocycles. The molecule has 31 heavy (non-hydrogen) atoms. The van der Waals surface area contributed by atoms with Gasteiger partial charge < -0.3 is 10.2 Å². The van der Waals surface area contributed by atoms with E-state index >= 15 is 0 Å². The van der Waals surface area contributed by atoms with E-state index in [9.17, 15) is 10.2 Å². The van der Waals surface area contributed by atoms with Crippen LogP contribution in [0, 0.1) is 52.3 Å². The Bertz CT molecular complexity index is 630. The highest BCUT2D eigenvalue weighted by Crippen LogP contribution is 2.69. The van der Waals surface area contributed by atoms with Gasteiger partial charge in [-0.25, -0.2) is 0 Å². The summed E-state index contributed by atoms with van der Waals surface area (Å²) >= 11 is 0. The molecule has 0 aromatic rings. The Balaban J connectivity index is 1.46. The van der Waals surface area contributed by atoms with E-state index in [2.05, 4.69) is 41.5 Å². The van der Waals surface area contributed by atoms with Gasteiger partial charge in [-0.3, -0.25) is 0 Å². The molecule has 2 N–H and O–H groups in total. The first kappa shape index (κ1) is 24.1. The average molecular weight is 433 g/mol. The van der Waals surface area contributed by atoms with Crippen molar-refractivity contribution < 1.29 is 10.2 Å². The van der Waals surface area contributed by atoms with Gasteiger partial charge in [-0.05, 0) is 129 Å². The molecule has 0 amide bonds. The molecule has 0 spiro atoms. The van der Waals surface area contributed by atoms with Gasteiger partial charge in [-0.2, -0.15) is 0 Å². The maximum Gasteiger partial charge on any atom is 0.0648 e. The molecule has 0 radical (unpaired) electrons. The van der Waals surface area contributed by atoms with Crippen LogP contribution in [0.1, 0.15) is 119 Å². The number of rotatable bonds is 6. The maximum absolute atomic E-state index is 11.0. The third kappa shape index (κ3) is 4.05. The van der Waals surface area contributed by atoms with Gasteiger partial charge >= 0.3 is 0 Å². The Morgan fingerprint density at radius 2 is 1.55 bits per heavy atom. The first-order valence-electron chi connectivity index (χ1n) is 13.9. The zero-order valence-corrected chi connectivity index (χ0v) is 21.5. The summed E-state index contributed by atoms with van der Waals surface area (Å²) in [7, 11) is 0. The van der Waals surface area contributed by atoms with Crippen LogP contribution < -0.4 is 0 Å². The SMILES string of the molecule is CC[C@]1(O)CC[C@@]2(C)[C@H](CC[C@@H]3[C@@H]2CC[C@]2(C)C([C@H](C)CC[C@H](O)C(C)C)CC[C@@H]32)C1. The van der Waals surface area contributed by atoms with Crippen LogP contribution in [-0.4, -0.2) is 21.9 Å². The largest absolute Gasteiger partial charge is 0.393 e. The first-order valence-corrected chi connectivity index (χ1v) is 13.9. The Morgan fingerprint density at radius 1 is 0.839 bits per heavy atom. The van der Waals surface area contributed by atoms with Crippen LogP contribution in [0.15, 0.2) is 0 Å². The predicted molar refractivity (Wildman–Crippen MR) is 130 cm³/mol. The van der Waals surface area contributed by atoms with Gasteiger partial charge in [-0.1, -0.05) is 41.5 Å². The van der Waals surface area contributed by atoms with Crippen molar-refractivity contribution >= 4 is 0 Å². The molecule has 0 aliphatic heterocycles. The van der Waals surface area contributed by atoms with Crippen LogP contribution in [0.4, 0.5) is 0 Å². The summed E-state index contributed by atoms with van der Waals surface area (Å²) < 4.78 is 0. The van der Waals surface area contributed by atoms with Crippen LogP contribution >= 0.6 is 0 Å². The lowest BCUT2D eigenvalue weighted by Gasteiger charge is -2.62. The first-order chi connectivity index (χ1) is 14.5. The summed E-state index contributed by atoms with van der Waals surface area (Å²) in [6.45, 7) is 14.2. The molecule has 0 heterocycles. The predicted octanol–water partition coefficient (Wildman–Crippen LogP) is 7.22. The molecule has 4 aliphatic rings. The molecule has 0 saturated heterocycles. The standard InChI is InChI=1S/C29H52O2/c1-7-29(31)17-16-27(5)21(18-29)9-10-22-24-12-11-23(28(24,6)15-14-25(22)27)20(4)8-13-26(30)19(2)3/h19-26,30-31H,7-18H2,1-6H3/t20-,21-,22+,23?,24+,25+,26+,27+,28-,29+/m1/s1. The summed E-state index contributed by atoms with van der Waals surface area (Å²) in [4.78, 5) is 0. The Kier molecular flexibility index (Phi) is 6.68. The van der Waals surface area contributed by atoms with Crippen molar-refractivity contribution in [3.8, 4) is 0 Å². The van der Waals surface area contributed by atoms with Crippen molar-refractivity contribution in [2.45, 2.75) is 130 Å². The second-order valence-electron chi connectivity index (χ2n) is 13.5. The van der Waals surface area contributed by atoms with Crippen LogP contribution in [0.25, 0.3) is 0 Å². The lowest BCUT2D eigenvalue weighted by molar-refractivity contribution is -0.152. The highest BCUT2D eigenvalue weighted by atomic mass is 16.3. The fraction of sp³-hybridized carbons (Fsp3) is 1.00. The fourth-order valence-electron chi connectivity index (χ4n) is 9.59. The summed E-state index contributed by atoms with van der Waals surface area (Å²) in [5, 5.41) is 21.4. The smallest absolute Gasteiger partial charge is 0.0648 e. The van der Waals surface area contributed by atoms with Gasteiger partial charge in [0.25, 0.3) is 0 Å². The average Bonchev–Trinajstić information content (AvgIpc) is 3.09. The van der Waals surface area contributed by atoms with Gasteiger partial charge in [-0.15, -0.1) is 0 Å². The number of aliphatic hydroxyl groups is 2. The van der Waals surface area contributed by atoms with Gasteiger partial charge in [0, 0.05) is 0 Å². The van der Waals surface area contributed by atoms with E-state index in [-0.39, 0.29) is 11.7 Å². The summed E-state index contributed by atoms with van der Waals surface area (Å²) in [6.07, 6.45) is 14.8. The molecule has 4 aliphatic carbocycles. The quantitative estimate of drug-likeness (QED) is 0.465. The number of hydrogen-bond acceptors (Lipinski definition) is 2. The van der Waals surface area contributed by atoms with E-state index in [0.29, 0.717) is 16.7 Å². The van der Waals surface area contributed by atoms with Crippen molar-refractivity contribution in [1.82, 2.24) is 0 Å². The van der Waals surface area contributed by atoms with Gasteiger partial charge in [0.2, 0.25) is 0 Å². The highest BCUT2D eigenvalue weighted by Gasteiger charge is 2.61. The third-order valence-electron chi connectivity index (χ3n) is 11.9. The minimum absolute atomic E-state index is 0.133. The van der Waals surface area contributed by atoms with Crippen LogP contribution in [0.3, 0.4) is 0 Å². The van der Waals surface area contributed by atoms with E-state index < -0.39 is 0 Å².